The lowest BCUT2D eigenvalue weighted by molar-refractivity contribution is -0.126. The summed E-state index contributed by atoms with van der Waals surface area (Å²) < 4.78 is 1.75. The van der Waals surface area contributed by atoms with Gasteiger partial charge in [0.2, 0.25) is 5.91 Å². The lowest BCUT2D eigenvalue weighted by atomic mass is 9.96. The summed E-state index contributed by atoms with van der Waals surface area (Å²) in [5, 5.41) is 5.05. The molecule has 0 spiro atoms. The maximum atomic E-state index is 12.5. The molecule has 0 saturated carbocycles. The zero-order valence-electron chi connectivity index (χ0n) is 12.7. The molecule has 0 saturated heterocycles. The predicted octanol–water partition coefficient (Wildman–Crippen LogP) is 2.53. The van der Waals surface area contributed by atoms with Crippen LogP contribution in [0.1, 0.15) is 16.8 Å². The largest absolute Gasteiger partial charge is 0.310 e. The molecular formula is C17H15ClN4O. The Morgan fingerprint density at radius 1 is 1.26 bits per heavy atom. The number of hydrogen-bond donors (Lipinski definition) is 0. The summed E-state index contributed by atoms with van der Waals surface area (Å²) in [6.45, 7) is 2.72. The van der Waals surface area contributed by atoms with Gasteiger partial charge in [-0.15, -0.1) is 0 Å². The fourth-order valence-corrected chi connectivity index (χ4v) is 3.37. The van der Waals surface area contributed by atoms with Crippen molar-refractivity contribution in [2.75, 3.05) is 13.1 Å². The van der Waals surface area contributed by atoms with Gasteiger partial charge in [0.15, 0.2) is 5.84 Å². The van der Waals surface area contributed by atoms with Crippen LogP contribution in [0.2, 0.25) is 5.02 Å². The number of benzene rings is 1. The molecule has 0 unspecified atom stereocenters. The van der Waals surface area contributed by atoms with Gasteiger partial charge < -0.3 is 4.90 Å². The minimum atomic E-state index is 0.00156. The van der Waals surface area contributed by atoms with Crippen molar-refractivity contribution < 1.29 is 4.79 Å². The van der Waals surface area contributed by atoms with Crippen molar-refractivity contribution in [3.63, 3.8) is 0 Å². The van der Waals surface area contributed by atoms with Crippen LogP contribution in [-0.2, 0) is 11.2 Å². The monoisotopic (exact) mass is 326 g/mol. The number of carbonyl (C=O) groups excluding carboxylic acids is 1. The number of aromatic nitrogens is 2. The number of aryl methyl sites for hydroxylation is 1. The van der Waals surface area contributed by atoms with E-state index in [1.807, 2.05) is 37.3 Å². The van der Waals surface area contributed by atoms with E-state index >= 15 is 0 Å². The number of halogens is 1. The van der Waals surface area contributed by atoms with Gasteiger partial charge in [-0.25, -0.2) is 4.68 Å². The molecule has 2 aliphatic heterocycles. The summed E-state index contributed by atoms with van der Waals surface area (Å²) >= 11 is 6.33. The first-order chi connectivity index (χ1) is 11.1. The van der Waals surface area contributed by atoms with Crippen LogP contribution in [0.3, 0.4) is 0 Å². The van der Waals surface area contributed by atoms with Gasteiger partial charge in [0.25, 0.3) is 0 Å². The Labute approximate surface area is 138 Å². The number of allylic oxidation sites excluding steroid dienone is 1. The van der Waals surface area contributed by atoms with Crippen molar-refractivity contribution in [3.05, 3.63) is 58.4 Å². The number of hydrogen-bond acceptors (Lipinski definition) is 3. The number of aliphatic imine (C=N–C) groups is 1. The van der Waals surface area contributed by atoms with Gasteiger partial charge >= 0.3 is 0 Å². The summed E-state index contributed by atoms with van der Waals surface area (Å²) in [6.07, 6.45) is 4.42. The molecule has 23 heavy (non-hydrogen) atoms. The van der Waals surface area contributed by atoms with Crippen LogP contribution < -0.4 is 0 Å². The molecule has 5 nitrogen and oxygen atoms in total. The van der Waals surface area contributed by atoms with Crippen LogP contribution in [0, 0.1) is 6.92 Å². The highest BCUT2D eigenvalue weighted by Crippen LogP contribution is 2.34. The molecule has 1 aromatic carbocycles. The topological polar surface area (TPSA) is 50.5 Å². The van der Waals surface area contributed by atoms with Crippen LogP contribution >= 0.6 is 11.6 Å². The first kappa shape index (κ1) is 14.2. The third-order valence-electron chi connectivity index (χ3n) is 4.26. The molecule has 0 aliphatic carbocycles. The van der Waals surface area contributed by atoms with Crippen LogP contribution in [-0.4, -0.2) is 39.5 Å². The fourth-order valence-electron chi connectivity index (χ4n) is 3.10. The third kappa shape index (κ3) is 2.28. The van der Waals surface area contributed by atoms with Crippen LogP contribution in [0.25, 0.3) is 5.70 Å². The highest BCUT2D eigenvalue weighted by atomic mass is 35.5. The van der Waals surface area contributed by atoms with Gasteiger partial charge in [-0.05, 0) is 31.0 Å². The van der Waals surface area contributed by atoms with Crippen LogP contribution in [0.5, 0.6) is 0 Å². The number of carbonyl (C=O) groups is 1. The Hall–Kier alpha value is -2.40. The molecule has 3 heterocycles. The maximum absolute atomic E-state index is 12.5. The van der Waals surface area contributed by atoms with Gasteiger partial charge in [0.05, 0.1) is 5.70 Å². The number of amides is 1. The van der Waals surface area contributed by atoms with Crippen molar-refractivity contribution in [1.82, 2.24) is 14.7 Å². The maximum Gasteiger partial charge on any atom is 0.248 e. The zero-order chi connectivity index (χ0) is 16.0. The molecule has 6 heteroatoms. The quantitative estimate of drug-likeness (QED) is 0.747. The van der Waals surface area contributed by atoms with E-state index in [0.29, 0.717) is 12.4 Å². The molecule has 4 rings (SSSR count). The first-order valence-electron chi connectivity index (χ1n) is 7.50. The first-order valence-corrected chi connectivity index (χ1v) is 7.88. The van der Waals surface area contributed by atoms with Crippen molar-refractivity contribution in [2.45, 2.75) is 13.3 Å². The predicted molar refractivity (Wildman–Crippen MR) is 89.5 cm³/mol. The Balaban J connectivity index is 1.90. The average Bonchev–Trinajstić information content (AvgIpc) is 2.89. The third-order valence-corrected chi connectivity index (χ3v) is 4.62. The van der Waals surface area contributed by atoms with E-state index in [1.54, 1.807) is 15.8 Å². The van der Waals surface area contributed by atoms with Crippen molar-refractivity contribution in [2.24, 2.45) is 4.99 Å². The van der Waals surface area contributed by atoms with Gasteiger partial charge in [-0.3, -0.25) is 9.79 Å². The van der Waals surface area contributed by atoms with Gasteiger partial charge in [-0.1, -0.05) is 23.7 Å². The number of fused-ring (bicyclic) bond motifs is 3. The second-order valence-corrected chi connectivity index (χ2v) is 6.06. The van der Waals surface area contributed by atoms with E-state index in [0.717, 1.165) is 34.0 Å². The second-order valence-electron chi connectivity index (χ2n) is 5.65. The highest BCUT2D eigenvalue weighted by molar-refractivity contribution is 6.31. The standard InChI is InChI=1S/C17H15ClN4O/c1-11-5-7-20-22(11)16-9-15-13-3-2-4-14(18)12(13)6-8-21(15)17(23)10-19-16/h2-5,7,9H,6,8,10H2,1H3. The summed E-state index contributed by atoms with van der Waals surface area (Å²) in [4.78, 5) is 18.7. The highest BCUT2D eigenvalue weighted by Gasteiger charge is 2.29. The minimum Gasteiger partial charge on any atom is -0.310 e. The minimum absolute atomic E-state index is 0.00156. The Morgan fingerprint density at radius 3 is 2.91 bits per heavy atom. The lowest BCUT2D eigenvalue weighted by Gasteiger charge is -2.31. The fraction of sp³-hybridized carbons (Fsp3) is 0.235. The van der Waals surface area contributed by atoms with E-state index in [2.05, 4.69) is 10.1 Å². The molecule has 1 aromatic heterocycles. The number of rotatable bonds is 0. The van der Waals surface area contributed by atoms with E-state index in [9.17, 15) is 4.79 Å². The number of nitrogens with zero attached hydrogens (tertiary/aromatic N) is 4. The summed E-state index contributed by atoms with van der Waals surface area (Å²) in [5.41, 5.74) is 3.91. The van der Waals surface area contributed by atoms with Gasteiger partial charge in [0.1, 0.15) is 6.54 Å². The van der Waals surface area contributed by atoms with E-state index < -0.39 is 0 Å². The molecule has 2 aromatic rings. The van der Waals surface area contributed by atoms with E-state index in [1.165, 1.54) is 0 Å². The van der Waals surface area contributed by atoms with Crippen LogP contribution in [0.15, 0.2) is 41.5 Å². The Morgan fingerprint density at radius 2 is 2.13 bits per heavy atom. The molecular weight excluding hydrogens is 312 g/mol. The molecule has 2 aliphatic rings. The van der Waals surface area contributed by atoms with Crippen molar-refractivity contribution >= 4 is 29.0 Å². The van der Waals surface area contributed by atoms with Crippen LogP contribution in [0.4, 0.5) is 0 Å². The Kier molecular flexibility index (Phi) is 3.31. The van der Waals surface area contributed by atoms with Crippen molar-refractivity contribution in [3.8, 4) is 0 Å². The molecule has 0 fully saturated rings. The SMILES string of the molecule is Cc1ccnn1C1=NCC(=O)N2CCc3c(Cl)cccc3C2=C1. The normalized spacial score (nSPS) is 17.1. The molecule has 0 radical (unpaired) electrons. The average molecular weight is 327 g/mol. The summed E-state index contributed by atoms with van der Waals surface area (Å²) in [7, 11) is 0. The van der Waals surface area contributed by atoms with Gasteiger partial charge in [0, 0.05) is 35.1 Å². The molecule has 116 valence electrons. The lowest BCUT2D eigenvalue weighted by Crippen LogP contribution is -2.35. The molecule has 0 N–H and O–H groups in total. The second kappa shape index (κ2) is 5.35. The smallest absolute Gasteiger partial charge is 0.248 e. The van der Waals surface area contributed by atoms with Gasteiger partial charge in [-0.2, -0.15) is 5.10 Å². The molecule has 1 amide bonds. The summed E-state index contributed by atoms with van der Waals surface area (Å²) in [6, 6.07) is 7.72. The van der Waals surface area contributed by atoms with E-state index in [-0.39, 0.29) is 12.5 Å². The molecule has 0 bridgehead atoms. The zero-order valence-corrected chi connectivity index (χ0v) is 13.4. The van der Waals surface area contributed by atoms with Crippen molar-refractivity contribution in [1.29, 1.82) is 0 Å². The Bertz CT molecular complexity index is 865. The van der Waals surface area contributed by atoms with E-state index in [4.69, 9.17) is 11.6 Å². The summed E-state index contributed by atoms with van der Waals surface area (Å²) in [5.74, 6) is 0.674. The molecule has 0 atom stereocenters.